The van der Waals surface area contributed by atoms with Gasteiger partial charge in [0.1, 0.15) is 10.8 Å². The van der Waals surface area contributed by atoms with Crippen LogP contribution in [0.1, 0.15) is 57.0 Å². The summed E-state index contributed by atoms with van der Waals surface area (Å²) in [5, 5.41) is 13.0. The van der Waals surface area contributed by atoms with E-state index in [1.165, 1.54) is 11.3 Å². The lowest BCUT2D eigenvalue weighted by Gasteiger charge is -2.29. The third-order valence-corrected chi connectivity index (χ3v) is 6.20. The Balaban J connectivity index is 1.96. The number of ether oxygens (including phenoxy) is 1. The predicted molar refractivity (Wildman–Crippen MR) is 106 cm³/mol. The number of amides is 1. The van der Waals surface area contributed by atoms with E-state index in [4.69, 9.17) is 10.5 Å². The molecule has 0 unspecified atom stereocenters. The van der Waals surface area contributed by atoms with Crippen LogP contribution in [0, 0.1) is 5.41 Å². The fourth-order valence-corrected chi connectivity index (χ4v) is 4.70. The highest BCUT2D eigenvalue weighted by atomic mass is 32.1. The van der Waals surface area contributed by atoms with Crippen LogP contribution >= 0.6 is 11.3 Å². The Labute approximate surface area is 162 Å². The van der Waals surface area contributed by atoms with Crippen molar-refractivity contribution in [1.29, 1.82) is 0 Å². The molecule has 0 radical (unpaired) electrons. The van der Waals surface area contributed by atoms with Crippen LogP contribution in [-0.2, 0) is 19.4 Å². The molecule has 7 heteroatoms. The lowest BCUT2D eigenvalue weighted by molar-refractivity contribution is 0.0696. The number of aromatic carboxylic acids is 1. The van der Waals surface area contributed by atoms with Crippen LogP contribution in [0.25, 0.3) is 0 Å². The van der Waals surface area contributed by atoms with E-state index in [2.05, 4.69) is 19.2 Å². The lowest BCUT2D eigenvalue weighted by atomic mass is 9.76. The number of rotatable bonds is 5. The minimum absolute atomic E-state index is 0.0578. The van der Waals surface area contributed by atoms with Gasteiger partial charge in [-0.1, -0.05) is 13.8 Å². The SMILES string of the molecule is COc1ccc(C(=O)Nc2sc3c(c2C(=O)O)CC(C)(C)CC3)c(CN)c1. The Bertz CT molecular complexity index is 902. The summed E-state index contributed by atoms with van der Waals surface area (Å²) in [6.07, 6.45) is 2.54. The van der Waals surface area contributed by atoms with Gasteiger partial charge >= 0.3 is 5.97 Å². The van der Waals surface area contributed by atoms with Gasteiger partial charge in [0.2, 0.25) is 0 Å². The number of carboxylic acids is 1. The number of nitrogens with two attached hydrogens (primary N) is 1. The van der Waals surface area contributed by atoms with Gasteiger partial charge in [0.05, 0.1) is 12.7 Å². The first-order valence-electron chi connectivity index (χ1n) is 8.82. The second-order valence-corrected chi connectivity index (χ2v) is 8.64. The number of carboxylic acid groups (broad SMARTS) is 1. The molecule has 1 aliphatic carbocycles. The number of carbonyl (C=O) groups excluding carboxylic acids is 1. The highest BCUT2D eigenvalue weighted by molar-refractivity contribution is 7.17. The summed E-state index contributed by atoms with van der Waals surface area (Å²) >= 11 is 1.37. The van der Waals surface area contributed by atoms with Crippen molar-refractivity contribution in [3.05, 3.63) is 45.3 Å². The molecule has 3 rings (SSSR count). The summed E-state index contributed by atoms with van der Waals surface area (Å²) in [5.74, 6) is -0.750. The molecule has 1 heterocycles. The number of benzene rings is 1. The third kappa shape index (κ3) is 3.84. The number of hydrogen-bond acceptors (Lipinski definition) is 5. The van der Waals surface area contributed by atoms with E-state index >= 15 is 0 Å². The van der Waals surface area contributed by atoms with Gasteiger partial charge in [0, 0.05) is 17.0 Å². The maximum atomic E-state index is 12.8. The minimum Gasteiger partial charge on any atom is -0.497 e. The van der Waals surface area contributed by atoms with Crippen LogP contribution in [0.15, 0.2) is 18.2 Å². The van der Waals surface area contributed by atoms with Crippen LogP contribution in [0.5, 0.6) is 5.75 Å². The van der Waals surface area contributed by atoms with Gasteiger partial charge < -0.3 is 20.9 Å². The summed E-state index contributed by atoms with van der Waals surface area (Å²) < 4.78 is 5.17. The maximum Gasteiger partial charge on any atom is 0.339 e. The summed E-state index contributed by atoms with van der Waals surface area (Å²) in [6, 6.07) is 5.05. The molecule has 27 heavy (non-hydrogen) atoms. The van der Waals surface area contributed by atoms with Gasteiger partial charge in [-0.05, 0) is 54.0 Å². The largest absolute Gasteiger partial charge is 0.497 e. The molecule has 0 spiro atoms. The number of nitrogens with one attached hydrogen (secondary N) is 1. The number of methoxy groups -OCH3 is 1. The van der Waals surface area contributed by atoms with Gasteiger partial charge in [-0.15, -0.1) is 11.3 Å². The zero-order valence-corrected chi connectivity index (χ0v) is 16.5. The molecule has 144 valence electrons. The van der Waals surface area contributed by atoms with Crippen molar-refractivity contribution in [2.45, 2.75) is 39.7 Å². The first-order chi connectivity index (χ1) is 12.8. The molecule has 0 atom stereocenters. The van der Waals surface area contributed by atoms with E-state index in [-0.39, 0.29) is 23.4 Å². The number of anilines is 1. The molecule has 0 aliphatic heterocycles. The van der Waals surface area contributed by atoms with E-state index in [9.17, 15) is 14.7 Å². The molecule has 4 N–H and O–H groups in total. The van der Waals surface area contributed by atoms with Crippen LogP contribution in [0.2, 0.25) is 0 Å². The van der Waals surface area contributed by atoms with Crippen molar-refractivity contribution in [2.24, 2.45) is 11.1 Å². The second kappa shape index (κ2) is 7.32. The standard InChI is InChI=1S/C20H24N2O4S/c1-20(2)7-6-15-14(9-20)16(19(24)25)18(27-15)22-17(23)13-5-4-12(26-3)8-11(13)10-21/h4-5,8H,6-7,9-10,21H2,1-3H3,(H,22,23)(H,24,25). The van der Waals surface area contributed by atoms with Crippen molar-refractivity contribution >= 4 is 28.2 Å². The monoisotopic (exact) mass is 388 g/mol. The fourth-order valence-electron chi connectivity index (χ4n) is 3.49. The van der Waals surface area contributed by atoms with E-state index in [1.807, 2.05) is 0 Å². The molecule has 0 bridgehead atoms. The molecule has 0 saturated carbocycles. The summed E-state index contributed by atoms with van der Waals surface area (Å²) in [6.45, 7) is 4.46. The number of carbonyl (C=O) groups is 2. The molecule has 6 nitrogen and oxygen atoms in total. The molecule has 1 aromatic carbocycles. The zero-order valence-electron chi connectivity index (χ0n) is 15.7. The van der Waals surface area contributed by atoms with Gasteiger partial charge in [0.25, 0.3) is 5.91 Å². The van der Waals surface area contributed by atoms with Gasteiger partial charge in [-0.3, -0.25) is 4.79 Å². The second-order valence-electron chi connectivity index (χ2n) is 7.54. The highest BCUT2D eigenvalue weighted by Gasteiger charge is 2.33. The molecule has 0 saturated heterocycles. The minimum atomic E-state index is -1.01. The topological polar surface area (TPSA) is 102 Å². The van der Waals surface area contributed by atoms with Crippen molar-refractivity contribution < 1.29 is 19.4 Å². The Morgan fingerprint density at radius 2 is 2.11 bits per heavy atom. The van der Waals surface area contributed by atoms with Crippen LogP contribution < -0.4 is 15.8 Å². The normalized spacial score (nSPS) is 15.1. The lowest BCUT2D eigenvalue weighted by Crippen LogP contribution is -2.22. The Kier molecular flexibility index (Phi) is 5.26. The Hall–Kier alpha value is -2.38. The molecular formula is C20H24N2O4S. The van der Waals surface area contributed by atoms with Crippen molar-refractivity contribution in [2.75, 3.05) is 12.4 Å². The van der Waals surface area contributed by atoms with Crippen molar-refractivity contribution in [1.82, 2.24) is 0 Å². The highest BCUT2D eigenvalue weighted by Crippen LogP contribution is 2.44. The molecule has 0 fully saturated rings. The molecule has 2 aromatic rings. The smallest absolute Gasteiger partial charge is 0.339 e. The van der Waals surface area contributed by atoms with Crippen molar-refractivity contribution in [3.63, 3.8) is 0 Å². The third-order valence-electron chi connectivity index (χ3n) is 4.99. The summed E-state index contributed by atoms with van der Waals surface area (Å²) in [5.41, 5.74) is 7.96. The van der Waals surface area contributed by atoms with Crippen LogP contribution in [-0.4, -0.2) is 24.1 Å². The Morgan fingerprint density at radius 1 is 1.37 bits per heavy atom. The van der Waals surface area contributed by atoms with E-state index in [0.717, 1.165) is 23.3 Å². The summed E-state index contributed by atoms with van der Waals surface area (Å²) in [7, 11) is 1.55. The molecular weight excluding hydrogens is 364 g/mol. The number of aryl methyl sites for hydroxylation is 1. The van der Waals surface area contributed by atoms with E-state index in [0.29, 0.717) is 28.3 Å². The molecule has 1 aromatic heterocycles. The fraction of sp³-hybridized carbons (Fsp3) is 0.400. The van der Waals surface area contributed by atoms with Crippen LogP contribution in [0.3, 0.4) is 0 Å². The maximum absolute atomic E-state index is 12.8. The van der Waals surface area contributed by atoms with Crippen molar-refractivity contribution in [3.8, 4) is 5.75 Å². The van der Waals surface area contributed by atoms with E-state index in [1.54, 1.807) is 25.3 Å². The average Bonchev–Trinajstić information content (AvgIpc) is 2.96. The molecule has 1 amide bonds. The predicted octanol–water partition coefficient (Wildman–Crippen LogP) is 3.68. The quantitative estimate of drug-likeness (QED) is 0.725. The number of thiophene rings is 1. The van der Waals surface area contributed by atoms with Crippen LogP contribution in [0.4, 0.5) is 5.00 Å². The number of fused-ring (bicyclic) bond motifs is 1. The van der Waals surface area contributed by atoms with E-state index < -0.39 is 5.97 Å². The first kappa shape index (κ1) is 19.4. The number of hydrogen-bond donors (Lipinski definition) is 3. The van der Waals surface area contributed by atoms with Gasteiger partial charge in [-0.2, -0.15) is 0 Å². The zero-order chi connectivity index (χ0) is 19.8. The Morgan fingerprint density at radius 3 is 2.74 bits per heavy atom. The summed E-state index contributed by atoms with van der Waals surface area (Å²) in [4.78, 5) is 25.8. The van der Waals surface area contributed by atoms with Gasteiger partial charge in [-0.25, -0.2) is 4.79 Å². The molecule has 1 aliphatic rings. The van der Waals surface area contributed by atoms with Gasteiger partial charge in [0.15, 0.2) is 0 Å². The average molecular weight is 388 g/mol. The first-order valence-corrected chi connectivity index (χ1v) is 9.63.